The van der Waals surface area contributed by atoms with Crippen LogP contribution in [0.3, 0.4) is 0 Å². The number of hydrogen-bond acceptors (Lipinski definition) is 5. The number of carboxylic acids is 1. The molecule has 1 aliphatic rings. The number of aromatic carboxylic acids is 1. The van der Waals surface area contributed by atoms with Crippen LogP contribution in [-0.2, 0) is 4.74 Å². The molecule has 0 aromatic heterocycles. The molecule has 1 aliphatic carbocycles. The Morgan fingerprint density at radius 3 is 2.10 bits per heavy atom. The second-order valence-electron chi connectivity index (χ2n) is 7.36. The van der Waals surface area contributed by atoms with Gasteiger partial charge in [-0.2, -0.15) is 0 Å². The largest absolute Gasteiger partial charge is 0.488 e. The van der Waals surface area contributed by atoms with E-state index in [9.17, 15) is 24.7 Å². The number of carbonyl (C=O) groups excluding carboxylic acids is 1. The molecule has 0 bridgehead atoms. The molecule has 3 aromatic carbocycles. The summed E-state index contributed by atoms with van der Waals surface area (Å²) in [6, 6.07) is 19.7. The average Bonchev–Trinajstić information content (AvgIpc) is 3.10. The third kappa shape index (κ3) is 3.91. The summed E-state index contributed by atoms with van der Waals surface area (Å²) in [4.78, 5) is 25.2. The molecule has 0 fully saturated rings. The Morgan fingerprint density at radius 2 is 1.55 bits per heavy atom. The van der Waals surface area contributed by atoms with E-state index in [1.54, 1.807) is 0 Å². The first-order chi connectivity index (χ1) is 14.9. The lowest BCUT2D eigenvalue weighted by molar-refractivity contribution is 0.0697. The van der Waals surface area contributed by atoms with Crippen molar-refractivity contribution in [2.24, 2.45) is 0 Å². The minimum absolute atomic E-state index is 0.0341. The summed E-state index contributed by atoms with van der Waals surface area (Å²) in [5.74, 6) is -1.35. The maximum atomic E-state index is 12.7. The lowest BCUT2D eigenvalue weighted by atomic mass is 9.79. The number of fused-ring (bicyclic) bond motifs is 3. The van der Waals surface area contributed by atoms with Crippen molar-refractivity contribution in [3.05, 3.63) is 83.4 Å². The van der Waals surface area contributed by atoms with Gasteiger partial charge in [-0.3, -0.25) is 4.90 Å². The Balaban J connectivity index is 1.55. The maximum Gasteiger partial charge on any atom is 0.488 e. The number of anilines is 1. The summed E-state index contributed by atoms with van der Waals surface area (Å²) in [6.45, 7) is 0.116. The molecule has 0 radical (unpaired) electrons. The van der Waals surface area contributed by atoms with Crippen molar-refractivity contribution in [1.82, 2.24) is 0 Å². The monoisotopic (exact) mass is 417 g/mol. The predicted molar refractivity (Wildman–Crippen MR) is 117 cm³/mol. The molecule has 3 aromatic rings. The second kappa shape index (κ2) is 8.25. The van der Waals surface area contributed by atoms with E-state index in [4.69, 9.17) is 4.74 Å². The number of amides is 1. The first kappa shape index (κ1) is 20.6. The fraction of sp³-hybridized carbons (Fsp3) is 0.130. The summed E-state index contributed by atoms with van der Waals surface area (Å²) in [5.41, 5.74) is 4.37. The number of ether oxygens (including phenoxy) is 1. The van der Waals surface area contributed by atoms with Crippen molar-refractivity contribution in [2.45, 2.75) is 5.92 Å². The summed E-state index contributed by atoms with van der Waals surface area (Å²) in [5, 5.41) is 28.1. The molecule has 0 spiro atoms. The zero-order valence-electron chi connectivity index (χ0n) is 16.7. The highest BCUT2D eigenvalue weighted by atomic mass is 16.6. The minimum Gasteiger partial charge on any atom is -0.478 e. The van der Waals surface area contributed by atoms with E-state index in [-0.39, 0.29) is 29.2 Å². The van der Waals surface area contributed by atoms with Gasteiger partial charge >= 0.3 is 19.2 Å². The van der Waals surface area contributed by atoms with Gasteiger partial charge in [0.05, 0.1) is 5.56 Å². The third-order valence-electron chi connectivity index (χ3n) is 5.48. The molecular weight excluding hydrogens is 397 g/mol. The van der Waals surface area contributed by atoms with Gasteiger partial charge in [0.15, 0.2) is 0 Å². The molecule has 0 heterocycles. The van der Waals surface area contributed by atoms with Gasteiger partial charge in [-0.1, -0.05) is 48.5 Å². The molecule has 7 nitrogen and oxygen atoms in total. The second-order valence-corrected chi connectivity index (χ2v) is 7.36. The predicted octanol–water partition coefficient (Wildman–Crippen LogP) is 2.45. The van der Waals surface area contributed by atoms with Crippen molar-refractivity contribution in [1.29, 1.82) is 0 Å². The van der Waals surface area contributed by atoms with E-state index >= 15 is 0 Å². The molecule has 0 aliphatic heterocycles. The molecule has 4 rings (SSSR count). The maximum absolute atomic E-state index is 12.7. The Labute approximate surface area is 179 Å². The SMILES string of the molecule is CN(C(=O)OCC1c2ccccc2-c2ccccc21)c1cc(B(O)O)cc(C(=O)O)c1. The topological polar surface area (TPSA) is 107 Å². The normalized spacial score (nSPS) is 12.1. The number of benzene rings is 3. The van der Waals surface area contributed by atoms with Crippen LogP contribution in [-0.4, -0.2) is 48.0 Å². The Kier molecular flexibility index (Phi) is 5.50. The Hall–Kier alpha value is -3.62. The summed E-state index contributed by atoms with van der Waals surface area (Å²) >= 11 is 0. The van der Waals surface area contributed by atoms with Gasteiger partial charge in [0.2, 0.25) is 0 Å². The van der Waals surface area contributed by atoms with Gasteiger partial charge in [-0.25, -0.2) is 9.59 Å². The van der Waals surface area contributed by atoms with E-state index in [1.165, 1.54) is 19.2 Å². The Bertz CT molecular complexity index is 1120. The van der Waals surface area contributed by atoms with Crippen LogP contribution in [0.25, 0.3) is 11.1 Å². The highest BCUT2D eigenvalue weighted by Gasteiger charge is 2.29. The Morgan fingerprint density at radius 1 is 0.968 bits per heavy atom. The van der Waals surface area contributed by atoms with Crippen LogP contribution in [0.4, 0.5) is 10.5 Å². The molecule has 0 saturated carbocycles. The van der Waals surface area contributed by atoms with E-state index in [1.807, 2.05) is 48.5 Å². The number of nitrogens with zero attached hydrogens (tertiary/aromatic N) is 1. The molecular formula is C23H20BNO6. The highest BCUT2D eigenvalue weighted by Crippen LogP contribution is 2.44. The zero-order valence-corrected chi connectivity index (χ0v) is 16.7. The fourth-order valence-electron chi connectivity index (χ4n) is 3.90. The van der Waals surface area contributed by atoms with Crippen LogP contribution in [0, 0.1) is 0 Å². The number of rotatable bonds is 5. The van der Waals surface area contributed by atoms with Gasteiger partial charge in [0.25, 0.3) is 0 Å². The number of carbonyl (C=O) groups is 2. The van der Waals surface area contributed by atoms with Crippen LogP contribution in [0.5, 0.6) is 0 Å². The van der Waals surface area contributed by atoms with Gasteiger partial charge in [0, 0.05) is 18.7 Å². The van der Waals surface area contributed by atoms with Gasteiger partial charge in [0.1, 0.15) is 6.61 Å². The lowest BCUT2D eigenvalue weighted by Crippen LogP contribution is -2.34. The molecule has 156 valence electrons. The summed E-state index contributed by atoms with van der Waals surface area (Å²) in [7, 11) is -0.429. The molecule has 8 heteroatoms. The van der Waals surface area contributed by atoms with Crippen LogP contribution in [0.2, 0.25) is 0 Å². The average molecular weight is 417 g/mol. The summed E-state index contributed by atoms with van der Waals surface area (Å²) < 4.78 is 5.57. The smallest absolute Gasteiger partial charge is 0.478 e. The zero-order chi connectivity index (χ0) is 22.1. The molecule has 0 unspecified atom stereocenters. The van der Waals surface area contributed by atoms with Crippen LogP contribution >= 0.6 is 0 Å². The molecule has 31 heavy (non-hydrogen) atoms. The van der Waals surface area contributed by atoms with Crippen LogP contribution in [0.15, 0.2) is 66.7 Å². The van der Waals surface area contributed by atoms with Gasteiger partial charge < -0.3 is 19.9 Å². The summed E-state index contributed by atoms with van der Waals surface area (Å²) in [6.07, 6.45) is -0.678. The van der Waals surface area contributed by atoms with Crippen molar-refractivity contribution >= 4 is 30.3 Å². The van der Waals surface area contributed by atoms with Crippen LogP contribution < -0.4 is 10.4 Å². The first-order valence-electron chi connectivity index (χ1n) is 9.70. The quantitative estimate of drug-likeness (QED) is 0.551. The van der Waals surface area contributed by atoms with Crippen molar-refractivity contribution < 1.29 is 29.5 Å². The highest BCUT2D eigenvalue weighted by molar-refractivity contribution is 6.58. The van der Waals surface area contributed by atoms with E-state index in [2.05, 4.69) is 0 Å². The molecule has 0 atom stereocenters. The standard InChI is InChI=1S/C23H20BNO6/c1-25(16-11-14(22(26)27)10-15(12-16)24(29)30)23(28)31-13-21-19-8-4-2-6-17(19)18-7-3-5-9-20(18)21/h2-12,21,29-30H,13H2,1H3,(H,26,27). The van der Waals surface area contributed by atoms with E-state index in [0.717, 1.165) is 33.2 Å². The van der Waals surface area contributed by atoms with Gasteiger partial charge in [-0.05, 0) is 45.9 Å². The van der Waals surface area contributed by atoms with Crippen LogP contribution in [0.1, 0.15) is 27.4 Å². The van der Waals surface area contributed by atoms with Gasteiger partial charge in [-0.15, -0.1) is 0 Å². The number of hydrogen-bond donors (Lipinski definition) is 3. The van der Waals surface area contributed by atoms with Crippen molar-refractivity contribution in [2.75, 3.05) is 18.6 Å². The minimum atomic E-state index is -1.87. The third-order valence-corrected chi connectivity index (χ3v) is 5.48. The molecule has 3 N–H and O–H groups in total. The van der Waals surface area contributed by atoms with Crippen molar-refractivity contribution in [3.63, 3.8) is 0 Å². The fourth-order valence-corrected chi connectivity index (χ4v) is 3.90. The number of carboxylic acid groups (broad SMARTS) is 1. The molecule has 0 saturated heterocycles. The molecule has 1 amide bonds. The van der Waals surface area contributed by atoms with E-state index in [0.29, 0.717) is 0 Å². The first-order valence-corrected chi connectivity index (χ1v) is 9.70. The lowest BCUT2D eigenvalue weighted by Gasteiger charge is -2.21. The van der Waals surface area contributed by atoms with E-state index < -0.39 is 19.2 Å². The van der Waals surface area contributed by atoms with Crippen molar-refractivity contribution in [3.8, 4) is 11.1 Å².